The summed E-state index contributed by atoms with van der Waals surface area (Å²) in [6, 6.07) is 17.1. The molecule has 1 heteroatoms. The van der Waals surface area contributed by atoms with Gasteiger partial charge in [-0.3, -0.25) is 0 Å². The first-order chi connectivity index (χ1) is 8.47. The first-order valence-corrected chi connectivity index (χ1v) is 6.22. The van der Waals surface area contributed by atoms with E-state index in [1.54, 1.807) is 0 Å². The lowest BCUT2D eigenvalue weighted by Gasteiger charge is -2.19. The Morgan fingerprint density at radius 1 is 1.00 bits per heavy atom. The van der Waals surface area contributed by atoms with Gasteiger partial charge in [0.1, 0.15) is 11.5 Å². The van der Waals surface area contributed by atoms with E-state index in [0.29, 0.717) is 0 Å². The Labute approximate surface area is 109 Å². The standard InChI is InChI=1S/C17H19O/c1-13-7-5-6-8-16(13)18-15-11-9-14(10-12-15)17(2,3)4/h6-12H,1-4H3. The molecule has 93 valence electrons. The summed E-state index contributed by atoms with van der Waals surface area (Å²) in [6.07, 6.45) is 0. The maximum atomic E-state index is 5.86. The van der Waals surface area contributed by atoms with Crippen LogP contribution in [0, 0.1) is 13.0 Å². The highest BCUT2D eigenvalue weighted by atomic mass is 16.5. The smallest absolute Gasteiger partial charge is 0.130 e. The summed E-state index contributed by atoms with van der Waals surface area (Å²) in [4.78, 5) is 0. The quantitative estimate of drug-likeness (QED) is 0.725. The van der Waals surface area contributed by atoms with E-state index >= 15 is 0 Å². The number of rotatable bonds is 2. The maximum absolute atomic E-state index is 5.86. The molecule has 2 aromatic carbocycles. The molecule has 2 aromatic rings. The Morgan fingerprint density at radius 2 is 1.67 bits per heavy atom. The molecule has 0 aliphatic carbocycles. The number of hydrogen-bond donors (Lipinski definition) is 0. The normalized spacial score (nSPS) is 11.3. The van der Waals surface area contributed by atoms with Gasteiger partial charge in [0.25, 0.3) is 0 Å². The predicted molar refractivity (Wildman–Crippen MR) is 75.2 cm³/mol. The first-order valence-electron chi connectivity index (χ1n) is 6.22. The van der Waals surface area contributed by atoms with E-state index in [1.807, 2.05) is 37.3 Å². The van der Waals surface area contributed by atoms with Gasteiger partial charge in [-0.25, -0.2) is 0 Å². The maximum Gasteiger partial charge on any atom is 0.130 e. The van der Waals surface area contributed by atoms with Gasteiger partial charge in [0, 0.05) is 0 Å². The fraction of sp³-hybridized carbons (Fsp3) is 0.294. The van der Waals surface area contributed by atoms with E-state index in [2.05, 4.69) is 39.0 Å². The third-order valence-electron chi connectivity index (χ3n) is 2.97. The molecule has 0 amide bonds. The summed E-state index contributed by atoms with van der Waals surface area (Å²) in [5.41, 5.74) is 2.58. The fourth-order valence-corrected chi connectivity index (χ4v) is 1.76. The lowest BCUT2D eigenvalue weighted by molar-refractivity contribution is 0.477. The lowest BCUT2D eigenvalue weighted by Crippen LogP contribution is -2.10. The zero-order chi connectivity index (χ0) is 13.2. The molecule has 1 radical (unpaired) electrons. The van der Waals surface area contributed by atoms with Gasteiger partial charge in [-0.15, -0.1) is 0 Å². The van der Waals surface area contributed by atoms with Crippen molar-refractivity contribution in [2.45, 2.75) is 33.1 Å². The van der Waals surface area contributed by atoms with Gasteiger partial charge in [0.05, 0.1) is 0 Å². The van der Waals surface area contributed by atoms with E-state index in [4.69, 9.17) is 4.74 Å². The minimum absolute atomic E-state index is 0.177. The Morgan fingerprint density at radius 3 is 2.22 bits per heavy atom. The molecule has 0 heterocycles. The van der Waals surface area contributed by atoms with Gasteiger partial charge in [0.2, 0.25) is 0 Å². The van der Waals surface area contributed by atoms with Crippen LogP contribution in [0.2, 0.25) is 0 Å². The number of hydrogen-bond acceptors (Lipinski definition) is 1. The topological polar surface area (TPSA) is 9.23 Å². The molecule has 0 atom stereocenters. The summed E-state index contributed by atoms with van der Waals surface area (Å²) < 4.78 is 5.86. The van der Waals surface area contributed by atoms with Crippen molar-refractivity contribution in [3.63, 3.8) is 0 Å². The lowest BCUT2D eigenvalue weighted by atomic mass is 9.87. The van der Waals surface area contributed by atoms with Crippen LogP contribution in [0.4, 0.5) is 0 Å². The van der Waals surface area contributed by atoms with Gasteiger partial charge in [-0.05, 0) is 53.8 Å². The molecule has 0 fully saturated rings. The second kappa shape index (κ2) is 4.85. The molecule has 2 rings (SSSR count). The van der Waals surface area contributed by atoms with E-state index in [0.717, 1.165) is 17.1 Å². The van der Waals surface area contributed by atoms with E-state index < -0.39 is 0 Å². The molecule has 18 heavy (non-hydrogen) atoms. The average Bonchev–Trinajstić information content (AvgIpc) is 2.32. The van der Waals surface area contributed by atoms with Crippen molar-refractivity contribution in [3.05, 3.63) is 59.7 Å². The molecule has 0 aliphatic rings. The summed E-state index contributed by atoms with van der Waals surface area (Å²) in [5, 5.41) is 0. The molecular weight excluding hydrogens is 220 g/mol. The van der Waals surface area contributed by atoms with Gasteiger partial charge in [0.15, 0.2) is 0 Å². The summed E-state index contributed by atoms with van der Waals surface area (Å²) in [6.45, 7) is 8.65. The highest BCUT2D eigenvalue weighted by Gasteiger charge is 2.13. The molecule has 0 saturated carbocycles. The molecule has 0 aromatic heterocycles. The third kappa shape index (κ3) is 2.92. The van der Waals surface area contributed by atoms with Crippen LogP contribution < -0.4 is 4.74 Å². The molecular formula is C17H19O. The Hall–Kier alpha value is -1.76. The van der Waals surface area contributed by atoms with Crippen molar-refractivity contribution in [1.82, 2.24) is 0 Å². The van der Waals surface area contributed by atoms with Crippen LogP contribution in [0.15, 0.2) is 42.5 Å². The van der Waals surface area contributed by atoms with Crippen LogP contribution in [0.1, 0.15) is 31.9 Å². The Bertz CT molecular complexity index is 518. The summed E-state index contributed by atoms with van der Waals surface area (Å²) in [5.74, 6) is 1.76. The molecule has 0 spiro atoms. The van der Waals surface area contributed by atoms with E-state index in [1.165, 1.54) is 5.56 Å². The number of benzene rings is 2. The van der Waals surface area contributed by atoms with Crippen LogP contribution in [0.25, 0.3) is 0 Å². The molecule has 0 N–H and O–H groups in total. The third-order valence-corrected chi connectivity index (χ3v) is 2.97. The SMILES string of the molecule is Cc1c[c]ccc1Oc1ccc(C(C)(C)C)cc1. The second-order valence-corrected chi connectivity index (χ2v) is 5.57. The zero-order valence-electron chi connectivity index (χ0n) is 11.4. The predicted octanol–water partition coefficient (Wildman–Crippen LogP) is 4.89. The summed E-state index contributed by atoms with van der Waals surface area (Å²) >= 11 is 0. The highest BCUT2D eigenvalue weighted by Crippen LogP contribution is 2.28. The van der Waals surface area contributed by atoms with Crippen molar-refractivity contribution in [2.24, 2.45) is 0 Å². The van der Waals surface area contributed by atoms with Crippen LogP contribution >= 0.6 is 0 Å². The van der Waals surface area contributed by atoms with Gasteiger partial charge in [-0.2, -0.15) is 0 Å². The molecule has 0 bridgehead atoms. The summed E-state index contributed by atoms with van der Waals surface area (Å²) in [7, 11) is 0. The number of ether oxygens (including phenoxy) is 1. The van der Waals surface area contributed by atoms with Crippen LogP contribution in [-0.4, -0.2) is 0 Å². The van der Waals surface area contributed by atoms with Crippen molar-refractivity contribution in [1.29, 1.82) is 0 Å². The molecule has 0 saturated heterocycles. The van der Waals surface area contributed by atoms with Crippen molar-refractivity contribution in [2.75, 3.05) is 0 Å². The highest BCUT2D eigenvalue weighted by molar-refractivity contribution is 5.38. The van der Waals surface area contributed by atoms with Crippen LogP contribution in [-0.2, 0) is 5.41 Å². The van der Waals surface area contributed by atoms with Gasteiger partial charge >= 0.3 is 0 Å². The first kappa shape index (κ1) is 12.7. The van der Waals surface area contributed by atoms with Crippen LogP contribution in [0.3, 0.4) is 0 Å². The van der Waals surface area contributed by atoms with Crippen molar-refractivity contribution in [3.8, 4) is 11.5 Å². The van der Waals surface area contributed by atoms with Crippen molar-refractivity contribution >= 4 is 0 Å². The second-order valence-electron chi connectivity index (χ2n) is 5.57. The van der Waals surface area contributed by atoms with Gasteiger partial charge in [-0.1, -0.05) is 39.0 Å². The zero-order valence-corrected chi connectivity index (χ0v) is 11.4. The van der Waals surface area contributed by atoms with Crippen molar-refractivity contribution < 1.29 is 4.74 Å². The fourth-order valence-electron chi connectivity index (χ4n) is 1.76. The van der Waals surface area contributed by atoms with Crippen LogP contribution in [0.5, 0.6) is 11.5 Å². The van der Waals surface area contributed by atoms with Gasteiger partial charge < -0.3 is 4.74 Å². The molecule has 1 nitrogen and oxygen atoms in total. The monoisotopic (exact) mass is 239 g/mol. The largest absolute Gasteiger partial charge is 0.457 e. The Kier molecular flexibility index (Phi) is 3.42. The minimum Gasteiger partial charge on any atom is -0.457 e. The Balaban J connectivity index is 2.19. The number of aryl methyl sites for hydroxylation is 1. The molecule has 0 aliphatic heterocycles. The van der Waals surface area contributed by atoms with E-state index in [9.17, 15) is 0 Å². The van der Waals surface area contributed by atoms with E-state index in [-0.39, 0.29) is 5.41 Å². The minimum atomic E-state index is 0.177. The molecule has 0 unspecified atom stereocenters. The average molecular weight is 239 g/mol.